The topological polar surface area (TPSA) is 451 Å². The van der Waals surface area contributed by atoms with Gasteiger partial charge in [0.1, 0.15) is 71.2 Å². The van der Waals surface area contributed by atoms with Gasteiger partial charge in [-0.1, -0.05) is 31.3 Å². The van der Waals surface area contributed by atoms with Crippen molar-refractivity contribution in [2.45, 2.75) is 119 Å². The first kappa shape index (κ1) is 72.1. The zero-order chi connectivity index (χ0) is 69.8. The van der Waals surface area contributed by atoms with E-state index in [1.54, 1.807) is 65.3 Å². The highest BCUT2D eigenvalue weighted by atomic mass is 16.5. The minimum absolute atomic E-state index is 0.0358. The molecule has 3 aliphatic heterocycles. The number of hydrogen-bond donors (Lipinski definition) is 10. The molecule has 6 aromatic heterocycles. The lowest BCUT2D eigenvalue weighted by molar-refractivity contribution is -0.0356. The van der Waals surface area contributed by atoms with E-state index < -0.39 is 42.2 Å². The fraction of sp³-hybridized carbons (Fsp3) is 0.531. The van der Waals surface area contributed by atoms with E-state index in [1.807, 2.05) is 72.8 Å². The van der Waals surface area contributed by atoms with Crippen molar-refractivity contribution in [3.05, 3.63) is 127 Å². The van der Waals surface area contributed by atoms with Crippen molar-refractivity contribution in [3.63, 3.8) is 0 Å². The third-order valence-corrected chi connectivity index (χ3v) is 17.0. The van der Waals surface area contributed by atoms with Crippen molar-refractivity contribution >= 4 is 0 Å². The summed E-state index contributed by atoms with van der Waals surface area (Å²) in [5.41, 5.74) is 12.2. The lowest BCUT2D eigenvalue weighted by atomic mass is 10.1. The van der Waals surface area contributed by atoms with Gasteiger partial charge in [-0.2, -0.15) is 0 Å². The molecular weight excluding hydrogens is 1320 g/mol. The Balaban J connectivity index is 0.546. The molecule has 12 rings (SSSR count). The summed E-state index contributed by atoms with van der Waals surface area (Å²) in [6.45, 7) is 7.06. The van der Waals surface area contributed by atoms with Gasteiger partial charge in [0, 0.05) is 36.3 Å². The third-order valence-electron chi connectivity index (χ3n) is 17.0. The van der Waals surface area contributed by atoms with Crippen LogP contribution in [0.4, 0.5) is 0 Å². The number of hydrogen-bond acceptors (Lipinski definition) is 31. The van der Waals surface area contributed by atoms with E-state index in [0.717, 1.165) is 16.7 Å². The van der Waals surface area contributed by atoms with Crippen LogP contribution >= 0.6 is 0 Å². The van der Waals surface area contributed by atoms with E-state index in [0.29, 0.717) is 170 Å². The lowest BCUT2D eigenvalue weighted by Crippen LogP contribution is -2.52. The summed E-state index contributed by atoms with van der Waals surface area (Å²) < 4.78 is 63.5. The highest BCUT2D eigenvalue weighted by Gasteiger charge is 2.36. The van der Waals surface area contributed by atoms with Gasteiger partial charge in [-0.05, 0) is 72.8 Å². The first-order chi connectivity index (χ1) is 49.3. The molecule has 542 valence electrons. The molecule has 3 aliphatic rings. The molecule has 0 saturated carbocycles. The molecule has 3 saturated heterocycles. The van der Waals surface area contributed by atoms with E-state index >= 15 is 0 Å². The van der Waals surface area contributed by atoms with E-state index in [2.05, 4.69) is 77.8 Å². The number of nitrogens with one attached hydrogen (secondary N) is 3. The Labute approximate surface area is 579 Å². The van der Waals surface area contributed by atoms with Crippen molar-refractivity contribution in [3.8, 4) is 51.0 Å². The van der Waals surface area contributed by atoms with E-state index in [4.69, 9.17) is 48.4 Å². The number of aliphatic hydroxyl groups excluding tert-OH is 6. The molecule has 0 aliphatic carbocycles. The average Bonchev–Trinajstić information content (AvgIpc) is 1.72. The molecule has 0 spiro atoms. The van der Waals surface area contributed by atoms with Crippen molar-refractivity contribution in [1.82, 2.24) is 106 Å². The van der Waals surface area contributed by atoms with Gasteiger partial charge in [-0.25, -0.2) is 14.0 Å². The second-order valence-corrected chi connectivity index (χ2v) is 24.9. The molecule has 0 amide bonds. The lowest BCUT2D eigenvalue weighted by Gasteiger charge is -2.28. The smallest absolute Gasteiger partial charge is 0.119 e. The average molecular weight is 1400 g/mol. The molecule has 101 heavy (non-hydrogen) atoms. The predicted octanol–water partition coefficient (Wildman–Crippen LogP) is -2.75. The van der Waals surface area contributed by atoms with Crippen molar-refractivity contribution in [2.75, 3.05) is 98.9 Å². The highest BCUT2D eigenvalue weighted by molar-refractivity contribution is 5.60. The van der Waals surface area contributed by atoms with Crippen LogP contribution in [0.3, 0.4) is 0 Å². The Bertz CT molecular complexity index is 3520. The minimum atomic E-state index is -1.12. The van der Waals surface area contributed by atoms with Crippen LogP contribution in [0.2, 0.25) is 0 Å². The Morgan fingerprint density at radius 1 is 0.356 bits per heavy atom. The van der Waals surface area contributed by atoms with Crippen LogP contribution in [-0.2, 0) is 87.5 Å². The van der Waals surface area contributed by atoms with E-state index in [9.17, 15) is 30.6 Å². The number of rotatable bonds is 42. The van der Waals surface area contributed by atoms with E-state index in [-0.39, 0.29) is 57.8 Å². The fourth-order valence-corrected chi connectivity index (χ4v) is 11.4. The SMILES string of the molecule is NC(COCc1cn(CCOCCOc2ccc(-c3cn(C[C@H]4NC[C@@H](O)[C@H]4O)nn3)cc2)nn1)(COCc1cn(CCOCCOc2ccc(-c3cn(C[C@H]4NC[C@@H](O)[C@H]4O)nn3)cc2)nn1)COCc1cn(CCOCCOc2ccc(-c3cn(C[C@H]4NC[C@@H](O)[C@H]4O)nn3)cc2)nn1. The molecule has 37 nitrogen and oxygen atoms in total. The molecule has 9 aromatic rings. The minimum Gasteiger partial charge on any atom is -0.491 e. The van der Waals surface area contributed by atoms with Gasteiger partial charge >= 0.3 is 0 Å². The Morgan fingerprint density at radius 3 is 0.921 bits per heavy atom. The summed E-state index contributed by atoms with van der Waals surface area (Å²) in [6.07, 6.45) is 5.74. The van der Waals surface area contributed by atoms with Gasteiger partial charge in [0.25, 0.3) is 0 Å². The summed E-state index contributed by atoms with van der Waals surface area (Å²) in [7, 11) is 0. The maximum Gasteiger partial charge on any atom is 0.119 e. The number of ether oxygens (including phenoxy) is 9. The summed E-state index contributed by atoms with van der Waals surface area (Å²) >= 11 is 0. The Hall–Kier alpha value is -8.74. The van der Waals surface area contributed by atoms with Crippen LogP contribution < -0.4 is 35.9 Å². The standard InChI is InChI=1S/C64H86N22O15/c65-64(40-96-37-46-28-81(75-69-46)13-16-93-19-22-99-49-7-1-43(2-8-49)52-31-84(78-72-52)34-55-61(90)58(87)25-66-55,41-97-38-47-29-82(76-70-47)14-17-94-20-23-100-50-9-3-44(4-10-50)53-32-85(79-73-53)35-56-62(91)59(88)26-67-56)42-98-39-48-30-83(77-71-48)15-18-95-21-24-101-51-11-5-45(6-12-51)54-33-86(80-74-54)36-57-63(92)60(89)27-68-57/h1-12,28-33,55-63,66-68,87-92H,13-27,34-42,65H2/t55-,56-,57-,58-,59-,60-,61+,62+,63+/m1/s1. The number of aliphatic hydroxyl groups is 6. The van der Waals surface area contributed by atoms with Crippen molar-refractivity contribution in [1.29, 1.82) is 0 Å². The molecule has 0 bridgehead atoms. The van der Waals surface area contributed by atoms with Crippen LogP contribution in [-0.4, -0.2) is 280 Å². The van der Waals surface area contributed by atoms with Crippen molar-refractivity contribution in [2.24, 2.45) is 5.73 Å². The molecule has 37 heteroatoms. The summed E-state index contributed by atoms with van der Waals surface area (Å²) in [5.74, 6) is 2.02. The van der Waals surface area contributed by atoms with Crippen LogP contribution in [0.15, 0.2) is 110 Å². The monoisotopic (exact) mass is 1400 g/mol. The first-order valence-electron chi connectivity index (χ1n) is 33.4. The molecular formula is C64H86N22O15. The second-order valence-electron chi connectivity index (χ2n) is 24.9. The second kappa shape index (κ2) is 35.7. The molecule has 9 heterocycles. The van der Waals surface area contributed by atoms with E-state index in [1.165, 1.54) is 0 Å². The van der Waals surface area contributed by atoms with Crippen LogP contribution in [0.25, 0.3) is 33.8 Å². The molecule has 3 fully saturated rings. The van der Waals surface area contributed by atoms with Gasteiger partial charge < -0.3 is 95.0 Å². The maximum atomic E-state index is 10.2. The first-order valence-corrected chi connectivity index (χ1v) is 33.4. The molecule has 0 radical (unpaired) electrons. The quantitative estimate of drug-likeness (QED) is 0.0173. The highest BCUT2D eigenvalue weighted by Crippen LogP contribution is 2.25. The fourth-order valence-electron chi connectivity index (χ4n) is 11.4. The Morgan fingerprint density at radius 2 is 0.644 bits per heavy atom. The molecule has 11 N–H and O–H groups in total. The van der Waals surface area contributed by atoms with Crippen molar-refractivity contribution < 1.29 is 73.3 Å². The summed E-state index contributed by atoms with van der Waals surface area (Å²) in [5, 5.41) is 120. The Kier molecular flexibility index (Phi) is 25.5. The summed E-state index contributed by atoms with van der Waals surface area (Å²) in [4.78, 5) is 0. The maximum absolute atomic E-state index is 10.2. The van der Waals surface area contributed by atoms with Crippen LogP contribution in [0.1, 0.15) is 17.1 Å². The van der Waals surface area contributed by atoms with Gasteiger partial charge in [0.15, 0.2) is 0 Å². The third kappa shape index (κ3) is 21.0. The number of aromatic nitrogens is 18. The number of nitrogens with zero attached hydrogens (tertiary/aromatic N) is 18. The normalized spacial score (nSPS) is 20.8. The summed E-state index contributed by atoms with van der Waals surface area (Å²) in [6, 6.07) is 21.5. The number of β-amino-alcohol motifs (C(OH)–C–C–N with tert-alkyl or cyclic N) is 3. The zero-order valence-electron chi connectivity index (χ0n) is 55.5. The largest absolute Gasteiger partial charge is 0.491 e. The molecule has 9 atom stereocenters. The van der Waals surface area contributed by atoms with Gasteiger partial charge in [-0.3, -0.25) is 14.0 Å². The van der Waals surface area contributed by atoms with Gasteiger partial charge in [0.05, 0.1) is 216 Å². The molecule has 3 aromatic carbocycles. The number of benzene rings is 3. The predicted molar refractivity (Wildman–Crippen MR) is 353 cm³/mol. The van der Waals surface area contributed by atoms with Crippen LogP contribution in [0, 0.1) is 0 Å². The molecule has 0 unspecified atom stereocenters. The van der Waals surface area contributed by atoms with Crippen LogP contribution in [0.5, 0.6) is 17.2 Å². The van der Waals surface area contributed by atoms with Gasteiger partial charge in [0.2, 0.25) is 0 Å². The number of nitrogens with two attached hydrogens (primary N) is 1. The van der Waals surface area contributed by atoms with Gasteiger partial charge in [-0.15, -0.1) is 30.6 Å². The zero-order valence-corrected chi connectivity index (χ0v) is 55.5.